The Bertz CT molecular complexity index is 1060. The highest BCUT2D eigenvalue weighted by Crippen LogP contribution is 2.36. The van der Waals surface area contributed by atoms with Crippen LogP contribution in [0.1, 0.15) is 11.4 Å². The number of fused-ring (bicyclic) bond motifs is 1. The number of aliphatic carboxylic acids is 1. The molecule has 10 heteroatoms. The maximum Gasteiger partial charge on any atom is 0.451 e. The highest BCUT2D eigenvalue weighted by molar-refractivity contribution is 5.93. The minimum atomic E-state index is -4.82. The molecule has 3 aromatic rings. The van der Waals surface area contributed by atoms with Gasteiger partial charge in [-0.05, 0) is 11.6 Å². The van der Waals surface area contributed by atoms with Crippen LogP contribution in [-0.4, -0.2) is 41.3 Å². The number of hydrogen-bond donors (Lipinski definition) is 2. The molecule has 0 bridgehead atoms. The Balaban J connectivity index is 2.12. The second kappa shape index (κ2) is 8.44. The van der Waals surface area contributed by atoms with Crippen molar-refractivity contribution in [3.8, 4) is 11.5 Å². The fraction of sp³-hybridized carbons (Fsp3) is 0.250. The number of hydrogen-bond acceptors (Lipinski definition) is 6. The van der Waals surface area contributed by atoms with Gasteiger partial charge in [0.05, 0.1) is 19.7 Å². The van der Waals surface area contributed by atoms with Crippen LogP contribution in [-0.2, 0) is 17.4 Å². The number of ether oxygens (including phenoxy) is 2. The lowest BCUT2D eigenvalue weighted by Gasteiger charge is -2.19. The molecule has 1 aromatic heterocycles. The number of methoxy groups -OCH3 is 2. The summed E-state index contributed by atoms with van der Waals surface area (Å²) >= 11 is 0. The molecule has 0 radical (unpaired) electrons. The van der Waals surface area contributed by atoms with E-state index < -0.39 is 24.0 Å². The van der Waals surface area contributed by atoms with Gasteiger partial charge in [0.1, 0.15) is 11.9 Å². The Kier molecular flexibility index (Phi) is 5.95. The summed E-state index contributed by atoms with van der Waals surface area (Å²) in [5.41, 5.74) is 0.632. The molecule has 0 aliphatic rings. The van der Waals surface area contributed by atoms with Gasteiger partial charge in [-0.1, -0.05) is 30.3 Å². The SMILES string of the molecule is COc1cc2nc(C(F)(F)F)nc(NC(Cc3ccccc3)C(=O)O)c2cc1OC. The molecular weight excluding hydrogens is 403 g/mol. The second-order valence-electron chi connectivity index (χ2n) is 6.34. The maximum absolute atomic E-state index is 13.3. The molecule has 0 aliphatic heterocycles. The fourth-order valence-corrected chi connectivity index (χ4v) is 2.91. The first-order valence-corrected chi connectivity index (χ1v) is 8.77. The summed E-state index contributed by atoms with van der Waals surface area (Å²) in [5.74, 6) is -2.47. The zero-order valence-electron chi connectivity index (χ0n) is 16.0. The van der Waals surface area contributed by atoms with Crippen molar-refractivity contribution in [3.63, 3.8) is 0 Å². The van der Waals surface area contributed by atoms with Crippen molar-refractivity contribution in [2.24, 2.45) is 0 Å². The van der Waals surface area contributed by atoms with Gasteiger partial charge in [0.2, 0.25) is 5.82 Å². The first-order valence-electron chi connectivity index (χ1n) is 8.77. The topological polar surface area (TPSA) is 93.6 Å². The Morgan fingerprint density at radius 1 is 1.10 bits per heavy atom. The Hall–Kier alpha value is -3.56. The van der Waals surface area contributed by atoms with Crippen molar-refractivity contribution >= 4 is 22.7 Å². The first kappa shape index (κ1) is 21.2. The molecule has 1 heterocycles. The van der Waals surface area contributed by atoms with Gasteiger partial charge in [0.15, 0.2) is 11.5 Å². The molecule has 1 atom stereocenters. The molecule has 2 N–H and O–H groups in total. The zero-order valence-corrected chi connectivity index (χ0v) is 16.0. The van der Waals surface area contributed by atoms with E-state index in [0.717, 1.165) is 0 Å². The van der Waals surface area contributed by atoms with Gasteiger partial charge in [0, 0.05) is 17.9 Å². The second-order valence-corrected chi connectivity index (χ2v) is 6.34. The number of nitrogens with one attached hydrogen (secondary N) is 1. The van der Waals surface area contributed by atoms with Crippen molar-refractivity contribution in [2.45, 2.75) is 18.6 Å². The Morgan fingerprint density at radius 2 is 1.73 bits per heavy atom. The lowest BCUT2D eigenvalue weighted by molar-refractivity contribution is -0.144. The van der Waals surface area contributed by atoms with E-state index in [2.05, 4.69) is 15.3 Å². The number of carboxylic acid groups (broad SMARTS) is 1. The van der Waals surface area contributed by atoms with Gasteiger partial charge >= 0.3 is 12.1 Å². The molecule has 7 nitrogen and oxygen atoms in total. The van der Waals surface area contributed by atoms with Crippen LogP contribution in [0.25, 0.3) is 10.9 Å². The molecule has 0 saturated heterocycles. The summed E-state index contributed by atoms with van der Waals surface area (Å²) in [7, 11) is 2.71. The number of anilines is 1. The van der Waals surface area contributed by atoms with E-state index in [1.165, 1.54) is 26.4 Å². The summed E-state index contributed by atoms with van der Waals surface area (Å²) < 4.78 is 50.3. The molecule has 0 spiro atoms. The van der Waals surface area contributed by atoms with Crippen LogP contribution in [0.2, 0.25) is 0 Å². The molecule has 0 amide bonds. The van der Waals surface area contributed by atoms with E-state index in [4.69, 9.17) is 9.47 Å². The van der Waals surface area contributed by atoms with E-state index in [-0.39, 0.29) is 34.6 Å². The lowest BCUT2D eigenvalue weighted by Crippen LogP contribution is -2.32. The van der Waals surface area contributed by atoms with Crippen molar-refractivity contribution in [2.75, 3.05) is 19.5 Å². The quantitative estimate of drug-likeness (QED) is 0.600. The minimum Gasteiger partial charge on any atom is -0.493 e. The van der Waals surface area contributed by atoms with Gasteiger partial charge in [-0.25, -0.2) is 14.8 Å². The number of carboxylic acids is 1. The minimum absolute atomic E-state index is 0.0380. The summed E-state index contributed by atoms with van der Waals surface area (Å²) in [6, 6.07) is 10.2. The highest BCUT2D eigenvalue weighted by atomic mass is 19.4. The van der Waals surface area contributed by atoms with Crippen LogP contribution in [0.5, 0.6) is 11.5 Å². The van der Waals surface area contributed by atoms with Crippen molar-refractivity contribution in [3.05, 3.63) is 53.9 Å². The van der Waals surface area contributed by atoms with Crippen molar-refractivity contribution < 1.29 is 32.5 Å². The smallest absolute Gasteiger partial charge is 0.451 e. The average Bonchev–Trinajstić information content (AvgIpc) is 2.72. The number of carbonyl (C=O) groups is 1. The standard InChI is InChI=1S/C20H18F3N3O4/c1-29-15-9-12-13(10-16(15)30-2)25-19(20(21,22)23)26-17(12)24-14(18(27)28)8-11-6-4-3-5-7-11/h3-7,9-10,14H,8H2,1-2H3,(H,27,28)(H,24,25,26). The van der Waals surface area contributed by atoms with Gasteiger partial charge in [-0.3, -0.25) is 0 Å². The van der Waals surface area contributed by atoms with Crippen LogP contribution in [0.4, 0.5) is 19.0 Å². The van der Waals surface area contributed by atoms with E-state index >= 15 is 0 Å². The first-order chi connectivity index (χ1) is 14.2. The third kappa shape index (κ3) is 4.53. The van der Waals surface area contributed by atoms with Crippen LogP contribution >= 0.6 is 0 Å². The Morgan fingerprint density at radius 3 is 2.30 bits per heavy atom. The summed E-state index contributed by atoms with van der Waals surface area (Å²) in [6.07, 6.45) is -4.79. The van der Waals surface area contributed by atoms with Crippen molar-refractivity contribution in [1.82, 2.24) is 9.97 Å². The molecule has 0 aliphatic carbocycles. The van der Waals surface area contributed by atoms with Gasteiger partial charge < -0.3 is 19.9 Å². The highest BCUT2D eigenvalue weighted by Gasteiger charge is 2.36. The zero-order chi connectivity index (χ0) is 21.9. The largest absolute Gasteiger partial charge is 0.493 e. The van der Waals surface area contributed by atoms with Gasteiger partial charge in [0.25, 0.3) is 0 Å². The van der Waals surface area contributed by atoms with Gasteiger partial charge in [-0.2, -0.15) is 13.2 Å². The van der Waals surface area contributed by atoms with E-state index in [9.17, 15) is 23.1 Å². The van der Waals surface area contributed by atoms with Crippen LogP contribution in [0.3, 0.4) is 0 Å². The lowest BCUT2D eigenvalue weighted by atomic mass is 10.1. The number of nitrogens with zero attached hydrogens (tertiary/aromatic N) is 2. The molecule has 0 saturated carbocycles. The summed E-state index contributed by atoms with van der Waals surface area (Å²) in [4.78, 5) is 18.9. The molecule has 0 fully saturated rings. The van der Waals surface area contributed by atoms with E-state index in [1.54, 1.807) is 30.3 Å². The molecule has 2 aromatic carbocycles. The molecule has 1 unspecified atom stereocenters. The summed E-state index contributed by atoms with van der Waals surface area (Å²) in [6.45, 7) is 0. The van der Waals surface area contributed by atoms with E-state index in [0.29, 0.717) is 5.56 Å². The molecule has 3 rings (SSSR count). The Labute approximate surface area is 169 Å². The average molecular weight is 421 g/mol. The van der Waals surface area contributed by atoms with Crippen LogP contribution < -0.4 is 14.8 Å². The van der Waals surface area contributed by atoms with E-state index in [1.807, 2.05) is 0 Å². The number of halogens is 3. The number of rotatable bonds is 7. The fourth-order valence-electron chi connectivity index (χ4n) is 2.91. The van der Waals surface area contributed by atoms with Gasteiger partial charge in [-0.15, -0.1) is 0 Å². The monoisotopic (exact) mass is 421 g/mol. The van der Waals surface area contributed by atoms with Crippen LogP contribution in [0, 0.1) is 0 Å². The van der Waals surface area contributed by atoms with Crippen LogP contribution in [0.15, 0.2) is 42.5 Å². The number of aromatic nitrogens is 2. The molecular formula is C20H18F3N3O4. The predicted molar refractivity (Wildman–Crippen MR) is 103 cm³/mol. The summed E-state index contributed by atoms with van der Waals surface area (Å²) in [5, 5.41) is 12.4. The maximum atomic E-state index is 13.3. The number of benzene rings is 2. The predicted octanol–water partition coefficient (Wildman–Crippen LogP) is 3.77. The third-order valence-electron chi connectivity index (χ3n) is 4.35. The molecule has 30 heavy (non-hydrogen) atoms. The number of alkyl halides is 3. The molecule has 158 valence electrons. The van der Waals surface area contributed by atoms with Crippen molar-refractivity contribution in [1.29, 1.82) is 0 Å². The third-order valence-corrected chi connectivity index (χ3v) is 4.35. The normalized spacial score (nSPS) is 12.4.